The van der Waals surface area contributed by atoms with Gasteiger partial charge in [0.25, 0.3) is 11.8 Å². The van der Waals surface area contributed by atoms with Crippen molar-refractivity contribution in [2.75, 3.05) is 11.5 Å². The number of carbonyl (C=O) groups is 3. The van der Waals surface area contributed by atoms with Crippen LogP contribution in [0.15, 0.2) is 72.8 Å². The third-order valence-corrected chi connectivity index (χ3v) is 3.59. The van der Waals surface area contributed by atoms with Crippen LogP contribution in [0.4, 0.5) is 5.69 Å². The van der Waals surface area contributed by atoms with E-state index in [-0.39, 0.29) is 6.61 Å². The van der Waals surface area contributed by atoms with Crippen molar-refractivity contribution in [1.29, 1.82) is 0 Å². The Kier molecular flexibility index (Phi) is 4.85. The fourth-order valence-electron chi connectivity index (χ4n) is 2.36. The van der Waals surface area contributed by atoms with Crippen molar-refractivity contribution in [3.8, 4) is 0 Å². The molecule has 2 amide bonds. The summed E-state index contributed by atoms with van der Waals surface area (Å²) in [5.41, 5.74) is 1.79. The van der Waals surface area contributed by atoms with Crippen LogP contribution in [0.3, 0.4) is 0 Å². The van der Waals surface area contributed by atoms with Crippen molar-refractivity contribution in [2.45, 2.75) is 0 Å². The van der Waals surface area contributed by atoms with E-state index in [1.165, 1.54) is 24.3 Å². The van der Waals surface area contributed by atoms with Crippen LogP contribution in [0.2, 0.25) is 0 Å². The fourth-order valence-corrected chi connectivity index (χ4v) is 2.36. The number of imide groups is 1. The van der Waals surface area contributed by atoms with E-state index in [2.05, 4.69) is 0 Å². The molecule has 5 heteroatoms. The van der Waals surface area contributed by atoms with Crippen LogP contribution >= 0.6 is 0 Å². The highest BCUT2D eigenvalue weighted by atomic mass is 16.5. The van der Waals surface area contributed by atoms with Gasteiger partial charge in [-0.05, 0) is 35.9 Å². The normalized spacial score (nSPS) is 13.7. The zero-order valence-corrected chi connectivity index (χ0v) is 13.3. The molecule has 3 rings (SSSR count). The smallest absolute Gasteiger partial charge is 0.338 e. The zero-order chi connectivity index (χ0) is 17.6. The summed E-state index contributed by atoms with van der Waals surface area (Å²) in [6.07, 6.45) is 6.05. The Labute approximate surface area is 144 Å². The third kappa shape index (κ3) is 3.90. The largest absolute Gasteiger partial charge is 0.458 e. The van der Waals surface area contributed by atoms with Crippen LogP contribution in [0, 0.1) is 0 Å². The lowest BCUT2D eigenvalue weighted by Gasteiger charge is -2.13. The Bertz CT molecular complexity index is 833. The molecule has 0 spiro atoms. The van der Waals surface area contributed by atoms with E-state index in [1.54, 1.807) is 18.2 Å². The molecule has 0 bridgehead atoms. The van der Waals surface area contributed by atoms with Crippen molar-refractivity contribution >= 4 is 29.5 Å². The molecule has 0 atom stereocenters. The summed E-state index contributed by atoms with van der Waals surface area (Å²) < 4.78 is 5.17. The summed E-state index contributed by atoms with van der Waals surface area (Å²) in [5, 5.41) is 0. The molecule has 1 aliphatic rings. The Morgan fingerprint density at radius 2 is 1.56 bits per heavy atom. The van der Waals surface area contributed by atoms with Gasteiger partial charge >= 0.3 is 5.97 Å². The van der Waals surface area contributed by atoms with E-state index < -0.39 is 17.8 Å². The molecule has 124 valence electrons. The molecule has 0 fully saturated rings. The van der Waals surface area contributed by atoms with Gasteiger partial charge in [-0.15, -0.1) is 0 Å². The highest BCUT2D eigenvalue weighted by molar-refractivity contribution is 6.28. The quantitative estimate of drug-likeness (QED) is 0.623. The molecular formula is C20H15NO4. The van der Waals surface area contributed by atoms with Crippen molar-refractivity contribution in [2.24, 2.45) is 0 Å². The summed E-state index contributed by atoms with van der Waals surface area (Å²) >= 11 is 0. The Balaban J connectivity index is 1.57. The van der Waals surface area contributed by atoms with Crippen LogP contribution < -0.4 is 4.90 Å². The molecule has 0 radical (unpaired) electrons. The number of carbonyl (C=O) groups excluding carboxylic acids is 3. The average Bonchev–Trinajstić information content (AvgIpc) is 2.98. The Morgan fingerprint density at radius 3 is 2.20 bits per heavy atom. The Hall–Kier alpha value is -3.47. The second-order valence-corrected chi connectivity index (χ2v) is 5.30. The SMILES string of the molecule is O=C(OCC=Cc1ccccc1)c1ccc(N2C(=O)C=CC2=O)cc1. The molecule has 1 heterocycles. The van der Waals surface area contributed by atoms with E-state index in [0.717, 1.165) is 10.5 Å². The monoisotopic (exact) mass is 333 g/mol. The predicted octanol–water partition coefficient (Wildman–Crippen LogP) is 2.99. The van der Waals surface area contributed by atoms with E-state index in [1.807, 2.05) is 36.4 Å². The van der Waals surface area contributed by atoms with E-state index in [4.69, 9.17) is 4.74 Å². The predicted molar refractivity (Wildman–Crippen MR) is 93.8 cm³/mol. The first-order chi connectivity index (χ1) is 12.1. The number of benzene rings is 2. The van der Waals surface area contributed by atoms with E-state index in [9.17, 15) is 14.4 Å². The molecule has 1 aliphatic heterocycles. The summed E-state index contributed by atoms with van der Waals surface area (Å²) in [6.45, 7) is 0.155. The van der Waals surface area contributed by atoms with Crippen molar-refractivity contribution in [1.82, 2.24) is 0 Å². The Morgan fingerprint density at radius 1 is 0.920 bits per heavy atom. The van der Waals surface area contributed by atoms with Gasteiger partial charge in [-0.1, -0.05) is 36.4 Å². The number of esters is 1. The second kappa shape index (κ2) is 7.40. The van der Waals surface area contributed by atoms with Crippen LogP contribution in [0.1, 0.15) is 15.9 Å². The number of rotatable bonds is 5. The summed E-state index contributed by atoms with van der Waals surface area (Å²) in [7, 11) is 0. The first-order valence-electron chi connectivity index (χ1n) is 7.70. The van der Waals surface area contributed by atoms with Crippen LogP contribution in [-0.4, -0.2) is 24.4 Å². The minimum atomic E-state index is -0.471. The van der Waals surface area contributed by atoms with Crippen molar-refractivity contribution in [3.05, 3.63) is 84.0 Å². The van der Waals surface area contributed by atoms with Gasteiger partial charge in [0.2, 0.25) is 0 Å². The topological polar surface area (TPSA) is 63.7 Å². The van der Waals surface area contributed by atoms with Crippen LogP contribution in [0.5, 0.6) is 0 Å². The van der Waals surface area contributed by atoms with Gasteiger partial charge in [0, 0.05) is 12.2 Å². The molecule has 0 unspecified atom stereocenters. The van der Waals surface area contributed by atoms with Gasteiger partial charge in [-0.3, -0.25) is 9.59 Å². The van der Waals surface area contributed by atoms with Crippen LogP contribution in [-0.2, 0) is 14.3 Å². The molecule has 0 N–H and O–H groups in total. The zero-order valence-electron chi connectivity index (χ0n) is 13.3. The molecule has 0 aromatic heterocycles. The molecule has 0 saturated heterocycles. The lowest BCUT2D eigenvalue weighted by atomic mass is 10.2. The lowest BCUT2D eigenvalue weighted by molar-refractivity contribution is -0.119. The van der Waals surface area contributed by atoms with E-state index in [0.29, 0.717) is 11.3 Å². The van der Waals surface area contributed by atoms with E-state index >= 15 is 0 Å². The maximum Gasteiger partial charge on any atom is 0.338 e. The van der Waals surface area contributed by atoms with Gasteiger partial charge in [-0.25, -0.2) is 9.69 Å². The number of ether oxygens (including phenoxy) is 1. The van der Waals surface area contributed by atoms with Gasteiger partial charge in [0.05, 0.1) is 11.3 Å². The van der Waals surface area contributed by atoms with Gasteiger partial charge in [0.15, 0.2) is 0 Å². The van der Waals surface area contributed by atoms with Crippen molar-refractivity contribution in [3.63, 3.8) is 0 Å². The van der Waals surface area contributed by atoms with Gasteiger partial charge in [-0.2, -0.15) is 0 Å². The van der Waals surface area contributed by atoms with Gasteiger partial charge in [0.1, 0.15) is 6.61 Å². The number of hydrogen-bond acceptors (Lipinski definition) is 4. The minimum Gasteiger partial charge on any atom is -0.458 e. The number of anilines is 1. The lowest BCUT2D eigenvalue weighted by Crippen LogP contribution is -2.29. The standard InChI is InChI=1S/C20H15NO4/c22-18-12-13-19(23)21(18)17-10-8-16(9-11-17)20(24)25-14-4-7-15-5-2-1-3-6-15/h1-13H,14H2. The summed E-state index contributed by atoms with van der Waals surface area (Å²) in [5.74, 6) is -1.26. The molecule has 0 saturated carbocycles. The van der Waals surface area contributed by atoms with Gasteiger partial charge < -0.3 is 4.74 Å². The first-order valence-corrected chi connectivity index (χ1v) is 7.70. The minimum absolute atomic E-state index is 0.155. The molecule has 25 heavy (non-hydrogen) atoms. The highest BCUT2D eigenvalue weighted by Gasteiger charge is 2.25. The maximum absolute atomic E-state index is 12.0. The highest BCUT2D eigenvalue weighted by Crippen LogP contribution is 2.19. The number of amides is 2. The molecule has 2 aromatic rings. The average molecular weight is 333 g/mol. The van der Waals surface area contributed by atoms with Crippen molar-refractivity contribution < 1.29 is 19.1 Å². The summed E-state index contributed by atoms with van der Waals surface area (Å²) in [4.78, 5) is 36.3. The second-order valence-electron chi connectivity index (χ2n) is 5.30. The summed E-state index contributed by atoms with van der Waals surface area (Å²) in [6, 6.07) is 15.8. The number of hydrogen-bond donors (Lipinski definition) is 0. The molecule has 0 aliphatic carbocycles. The first kappa shape index (κ1) is 16.4. The molecule has 5 nitrogen and oxygen atoms in total. The molecular weight excluding hydrogens is 318 g/mol. The fraction of sp³-hybridized carbons (Fsp3) is 0.0500. The molecule has 2 aromatic carbocycles. The third-order valence-electron chi connectivity index (χ3n) is 3.59. The van der Waals surface area contributed by atoms with Crippen LogP contribution in [0.25, 0.3) is 6.08 Å². The maximum atomic E-state index is 12.0. The number of nitrogens with zero attached hydrogens (tertiary/aromatic N) is 1.